The van der Waals surface area contributed by atoms with E-state index >= 15 is 0 Å². The summed E-state index contributed by atoms with van der Waals surface area (Å²) in [5.74, 6) is -1.22. The molecule has 0 atom stereocenters. The Balaban J connectivity index is 1.62. The minimum absolute atomic E-state index is 0.00194. The van der Waals surface area contributed by atoms with Crippen LogP contribution in [0.1, 0.15) is 29.4 Å². The van der Waals surface area contributed by atoms with Gasteiger partial charge < -0.3 is 0 Å². The molecule has 0 aliphatic carbocycles. The number of fused-ring (bicyclic) bond motifs is 5. The van der Waals surface area contributed by atoms with Gasteiger partial charge in [0.25, 0.3) is 0 Å². The predicted molar refractivity (Wildman–Crippen MR) is 124 cm³/mol. The SMILES string of the molecule is CN1C(=O)NC(=O)/C(=C/c2cc3c([se]2)-n2c4ccccc4c4cccc(c42)C3(C)C)C1=O. The number of nitrogens with one attached hydrogen (secondary N) is 1. The number of carbonyl (C=O) groups is 3. The van der Waals surface area contributed by atoms with E-state index in [9.17, 15) is 14.4 Å². The van der Waals surface area contributed by atoms with Gasteiger partial charge >= 0.3 is 190 Å². The third-order valence-corrected chi connectivity index (χ3v) is 8.81. The molecule has 2 aromatic heterocycles. The molecule has 0 spiro atoms. The summed E-state index contributed by atoms with van der Waals surface area (Å²) in [7, 11) is 1.37. The number of rotatable bonds is 1. The van der Waals surface area contributed by atoms with Gasteiger partial charge in [-0.3, -0.25) is 0 Å². The van der Waals surface area contributed by atoms with Gasteiger partial charge in [0, 0.05) is 0 Å². The molecule has 4 aromatic rings. The number of amides is 4. The number of barbiturate groups is 1. The fourth-order valence-corrected chi connectivity index (χ4v) is 7.54. The molecule has 0 saturated carbocycles. The third kappa shape index (κ3) is 2.38. The second kappa shape index (κ2) is 6.31. The molecule has 2 aliphatic rings. The van der Waals surface area contributed by atoms with E-state index in [2.05, 4.69) is 72.3 Å². The summed E-state index contributed by atoms with van der Waals surface area (Å²) in [4.78, 5) is 37.6. The first-order chi connectivity index (χ1) is 15.3. The summed E-state index contributed by atoms with van der Waals surface area (Å²) in [6, 6.07) is 16.3. The number of imide groups is 2. The normalized spacial score (nSPS) is 18.5. The van der Waals surface area contributed by atoms with E-state index in [0.717, 1.165) is 9.34 Å². The van der Waals surface area contributed by atoms with Crippen LogP contribution in [0.3, 0.4) is 0 Å². The number of carbonyl (C=O) groups excluding carboxylic acids is 3. The maximum absolute atomic E-state index is 12.6. The van der Waals surface area contributed by atoms with Crippen LogP contribution in [0.5, 0.6) is 0 Å². The van der Waals surface area contributed by atoms with Crippen molar-refractivity contribution in [2.24, 2.45) is 0 Å². The van der Waals surface area contributed by atoms with E-state index in [1.54, 1.807) is 6.08 Å². The van der Waals surface area contributed by atoms with Crippen molar-refractivity contribution in [1.29, 1.82) is 0 Å². The second-order valence-electron chi connectivity index (χ2n) is 8.73. The molecule has 1 N–H and O–H groups in total. The molecule has 2 aromatic carbocycles. The van der Waals surface area contributed by atoms with Crippen LogP contribution < -0.4 is 5.32 Å². The molecule has 1 saturated heterocycles. The van der Waals surface area contributed by atoms with Crippen LogP contribution in [0.25, 0.3) is 32.4 Å². The Hall–Kier alpha value is -3.41. The first-order valence-electron chi connectivity index (χ1n) is 10.3. The van der Waals surface area contributed by atoms with Crippen molar-refractivity contribution in [3.05, 3.63) is 69.7 Å². The fraction of sp³-hybridized carbons (Fsp3) is 0.160. The van der Waals surface area contributed by atoms with Crippen LogP contribution in [-0.4, -0.2) is 48.9 Å². The second-order valence-corrected chi connectivity index (χ2v) is 11.0. The molecule has 0 unspecified atom stereocenters. The zero-order valence-electron chi connectivity index (χ0n) is 17.7. The van der Waals surface area contributed by atoms with Gasteiger partial charge in [0.2, 0.25) is 0 Å². The zero-order valence-corrected chi connectivity index (χ0v) is 19.4. The standard InChI is InChI=1S/C25H19N3O3Se/c1-25(2)17-9-6-8-15-14-7-4-5-10-19(14)28(20(15)17)23-18(25)12-13(32-23)11-16-21(29)26-24(31)27(3)22(16)30/h4-12H,1-3H3,(H,26,29,31)/b16-11-. The van der Waals surface area contributed by atoms with Gasteiger partial charge in [0.1, 0.15) is 0 Å². The van der Waals surface area contributed by atoms with Crippen LogP contribution in [0.15, 0.2) is 54.1 Å². The summed E-state index contributed by atoms with van der Waals surface area (Å²) in [6.07, 6.45) is 1.66. The van der Waals surface area contributed by atoms with E-state index in [0.29, 0.717) is 0 Å². The van der Waals surface area contributed by atoms with Gasteiger partial charge in [0.05, 0.1) is 0 Å². The average molecular weight is 488 g/mol. The monoisotopic (exact) mass is 489 g/mol. The molecule has 6 nitrogen and oxygen atoms in total. The molecule has 158 valence electrons. The van der Waals surface area contributed by atoms with E-state index in [1.807, 2.05) is 0 Å². The Bertz CT molecular complexity index is 1550. The number of hydrogen-bond acceptors (Lipinski definition) is 3. The van der Waals surface area contributed by atoms with Gasteiger partial charge in [0.15, 0.2) is 0 Å². The molecule has 0 radical (unpaired) electrons. The van der Waals surface area contributed by atoms with Gasteiger partial charge in [-0.2, -0.15) is 0 Å². The van der Waals surface area contributed by atoms with Crippen molar-refractivity contribution in [2.75, 3.05) is 7.05 Å². The summed E-state index contributed by atoms with van der Waals surface area (Å²) in [6.45, 7) is 4.46. The van der Waals surface area contributed by atoms with Gasteiger partial charge in [-0.1, -0.05) is 0 Å². The quantitative estimate of drug-likeness (QED) is 0.253. The molecule has 6 rings (SSSR count). The van der Waals surface area contributed by atoms with E-state index in [1.165, 1.54) is 44.5 Å². The third-order valence-electron chi connectivity index (χ3n) is 6.57. The summed E-state index contributed by atoms with van der Waals surface area (Å²) in [5.41, 5.74) is 4.66. The minimum atomic E-state index is -0.696. The summed E-state index contributed by atoms with van der Waals surface area (Å²) >= 11 is -0.109. The number of aromatic nitrogens is 1. The van der Waals surface area contributed by atoms with Crippen molar-refractivity contribution < 1.29 is 14.4 Å². The fourth-order valence-electron chi connectivity index (χ4n) is 4.85. The molecule has 32 heavy (non-hydrogen) atoms. The van der Waals surface area contributed by atoms with E-state index in [4.69, 9.17) is 0 Å². The predicted octanol–water partition coefficient (Wildman–Crippen LogP) is 3.57. The molecule has 7 heteroatoms. The maximum atomic E-state index is 12.6. The van der Waals surface area contributed by atoms with Gasteiger partial charge in [-0.05, 0) is 0 Å². The molecule has 1 fully saturated rings. The Labute approximate surface area is 189 Å². The first-order valence-corrected chi connectivity index (χ1v) is 12.0. The molecule has 4 heterocycles. The molecular weight excluding hydrogens is 469 g/mol. The van der Waals surface area contributed by atoms with Gasteiger partial charge in [-0.15, -0.1) is 0 Å². The van der Waals surface area contributed by atoms with Crippen LogP contribution in [0.4, 0.5) is 4.79 Å². The number of hydrogen-bond donors (Lipinski definition) is 1. The summed E-state index contributed by atoms with van der Waals surface area (Å²) < 4.78 is 4.53. The molecule has 4 amide bonds. The van der Waals surface area contributed by atoms with Crippen molar-refractivity contribution in [1.82, 2.24) is 14.8 Å². The number of likely N-dealkylation sites (N-methyl/N-ethyl adjacent to an activating group) is 1. The molecule has 0 bridgehead atoms. The average Bonchev–Trinajstić information content (AvgIpc) is 3.34. The van der Waals surface area contributed by atoms with Crippen molar-refractivity contribution in [3.63, 3.8) is 0 Å². The Morgan fingerprint density at radius 2 is 1.72 bits per heavy atom. The van der Waals surface area contributed by atoms with E-state index < -0.39 is 17.8 Å². The Kier molecular flexibility index (Phi) is 3.80. The summed E-state index contributed by atoms with van der Waals surface area (Å²) in [5, 5.41) is 4.69. The number of nitrogens with zero attached hydrogens (tertiary/aromatic N) is 2. The van der Waals surface area contributed by atoms with Crippen molar-refractivity contribution in [2.45, 2.75) is 19.3 Å². The molecular formula is C25H19N3O3Se. The van der Waals surface area contributed by atoms with E-state index in [-0.39, 0.29) is 25.5 Å². The Morgan fingerprint density at radius 1 is 0.969 bits per heavy atom. The van der Waals surface area contributed by atoms with Crippen molar-refractivity contribution in [3.8, 4) is 4.56 Å². The number of para-hydroxylation sites is 2. The van der Waals surface area contributed by atoms with Crippen LogP contribution in [0, 0.1) is 0 Å². The van der Waals surface area contributed by atoms with Crippen molar-refractivity contribution >= 4 is 60.2 Å². The van der Waals surface area contributed by atoms with Crippen LogP contribution in [-0.2, 0) is 15.0 Å². The zero-order chi connectivity index (χ0) is 22.4. The number of urea groups is 1. The topological polar surface area (TPSA) is 71.4 Å². The van der Waals surface area contributed by atoms with Crippen LogP contribution >= 0.6 is 0 Å². The Morgan fingerprint density at radius 3 is 2.53 bits per heavy atom. The van der Waals surface area contributed by atoms with Gasteiger partial charge in [-0.25, -0.2) is 0 Å². The first kappa shape index (κ1) is 19.3. The molecule has 2 aliphatic heterocycles. The van der Waals surface area contributed by atoms with Crippen LogP contribution in [0.2, 0.25) is 0 Å². The number of benzene rings is 2.